The van der Waals surface area contributed by atoms with Crippen molar-refractivity contribution in [2.24, 2.45) is 5.92 Å². The zero-order valence-electron chi connectivity index (χ0n) is 11.8. The second-order valence-electron chi connectivity index (χ2n) is 4.78. The lowest BCUT2D eigenvalue weighted by atomic mass is 10.0. The molecule has 0 saturated heterocycles. The fraction of sp³-hybridized carbons (Fsp3) is 0.714. The summed E-state index contributed by atoms with van der Waals surface area (Å²) in [5.41, 5.74) is 6.56. The van der Waals surface area contributed by atoms with Gasteiger partial charge in [-0.3, -0.25) is 0 Å². The van der Waals surface area contributed by atoms with Crippen molar-refractivity contribution in [2.45, 2.75) is 53.1 Å². The van der Waals surface area contributed by atoms with Crippen LogP contribution in [-0.2, 0) is 11.3 Å². The molecule has 1 aromatic rings. The van der Waals surface area contributed by atoms with Crippen LogP contribution in [0, 0.1) is 12.8 Å². The molecule has 1 rings (SSSR count). The second kappa shape index (κ2) is 8.03. The number of anilines is 1. The molecule has 0 aromatic carbocycles. The van der Waals surface area contributed by atoms with Gasteiger partial charge in [-0.1, -0.05) is 33.1 Å². The zero-order chi connectivity index (χ0) is 13.4. The Morgan fingerprint density at radius 3 is 2.72 bits per heavy atom. The van der Waals surface area contributed by atoms with Gasteiger partial charge in [0.15, 0.2) is 5.82 Å². The summed E-state index contributed by atoms with van der Waals surface area (Å²) in [7, 11) is 0. The minimum atomic E-state index is 0.453. The van der Waals surface area contributed by atoms with E-state index in [1.165, 1.54) is 19.3 Å². The first-order chi connectivity index (χ1) is 8.65. The summed E-state index contributed by atoms with van der Waals surface area (Å²) in [4.78, 5) is 8.46. The molecule has 1 heterocycles. The Morgan fingerprint density at radius 1 is 1.33 bits per heavy atom. The molecule has 0 aliphatic heterocycles. The van der Waals surface area contributed by atoms with Crippen LogP contribution in [-0.4, -0.2) is 16.6 Å². The van der Waals surface area contributed by atoms with E-state index in [1.54, 1.807) is 6.07 Å². The molecule has 0 fully saturated rings. The van der Waals surface area contributed by atoms with Gasteiger partial charge in [-0.05, 0) is 19.3 Å². The molecule has 2 N–H and O–H groups in total. The van der Waals surface area contributed by atoms with E-state index in [1.807, 2.05) is 6.92 Å². The quantitative estimate of drug-likeness (QED) is 0.771. The van der Waals surface area contributed by atoms with E-state index in [9.17, 15) is 0 Å². The molecule has 102 valence electrons. The van der Waals surface area contributed by atoms with Crippen LogP contribution >= 0.6 is 0 Å². The van der Waals surface area contributed by atoms with Gasteiger partial charge < -0.3 is 10.5 Å². The number of hydrogen-bond donors (Lipinski definition) is 1. The molecule has 0 aliphatic rings. The SMILES string of the molecule is CCCCC(CC)COCc1nc(C)cc(N)n1. The van der Waals surface area contributed by atoms with Crippen LogP contribution in [0.4, 0.5) is 5.82 Å². The average Bonchev–Trinajstić information content (AvgIpc) is 2.32. The van der Waals surface area contributed by atoms with E-state index >= 15 is 0 Å². The highest BCUT2D eigenvalue weighted by Gasteiger charge is 2.07. The minimum Gasteiger partial charge on any atom is -0.384 e. The number of rotatable bonds is 8. The van der Waals surface area contributed by atoms with Crippen LogP contribution in [0.15, 0.2) is 6.07 Å². The molecule has 0 aliphatic carbocycles. The molecule has 0 radical (unpaired) electrons. The molecule has 0 saturated carbocycles. The second-order valence-corrected chi connectivity index (χ2v) is 4.78. The smallest absolute Gasteiger partial charge is 0.156 e. The lowest BCUT2D eigenvalue weighted by molar-refractivity contribution is 0.0777. The Morgan fingerprint density at radius 2 is 2.11 bits per heavy atom. The summed E-state index contributed by atoms with van der Waals surface area (Å²) in [6.45, 7) is 7.58. The van der Waals surface area contributed by atoms with Gasteiger partial charge >= 0.3 is 0 Å². The molecule has 0 spiro atoms. The minimum absolute atomic E-state index is 0.453. The number of nitrogens with two attached hydrogens (primary N) is 1. The highest BCUT2D eigenvalue weighted by Crippen LogP contribution is 2.13. The van der Waals surface area contributed by atoms with Gasteiger partial charge in [-0.15, -0.1) is 0 Å². The maximum Gasteiger partial charge on any atom is 0.156 e. The number of unbranched alkanes of at least 4 members (excludes halogenated alkanes) is 1. The number of nitrogens with zero attached hydrogens (tertiary/aromatic N) is 2. The van der Waals surface area contributed by atoms with E-state index in [4.69, 9.17) is 10.5 Å². The monoisotopic (exact) mass is 251 g/mol. The molecule has 4 nitrogen and oxygen atoms in total. The van der Waals surface area contributed by atoms with Crippen LogP contribution in [0.25, 0.3) is 0 Å². The maximum atomic E-state index is 5.70. The summed E-state index contributed by atoms with van der Waals surface area (Å²) >= 11 is 0. The highest BCUT2D eigenvalue weighted by atomic mass is 16.5. The largest absolute Gasteiger partial charge is 0.384 e. The van der Waals surface area contributed by atoms with E-state index in [0.29, 0.717) is 24.2 Å². The van der Waals surface area contributed by atoms with E-state index in [2.05, 4.69) is 23.8 Å². The van der Waals surface area contributed by atoms with Gasteiger partial charge in [0.1, 0.15) is 12.4 Å². The van der Waals surface area contributed by atoms with Crippen molar-refractivity contribution >= 4 is 5.82 Å². The van der Waals surface area contributed by atoms with Gasteiger partial charge in [-0.2, -0.15) is 0 Å². The summed E-state index contributed by atoms with van der Waals surface area (Å²) in [6, 6.07) is 1.76. The Balaban J connectivity index is 2.35. The Kier molecular flexibility index (Phi) is 6.65. The normalized spacial score (nSPS) is 12.6. The van der Waals surface area contributed by atoms with Crippen LogP contribution in [0.5, 0.6) is 0 Å². The molecular formula is C14H25N3O. The first-order valence-electron chi connectivity index (χ1n) is 6.83. The molecule has 1 unspecified atom stereocenters. The topological polar surface area (TPSA) is 61.0 Å². The fourth-order valence-electron chi connectivity index (χ4n) is 1.94. The third kappa shape index (κ3) is 5.45. The Labute approximate surface area is 110 Å². The third-order valence-corrected chi connectivity index (χ3v) is 3.05. The van der Waals surface area contributed by atoms with E-state index in [0.717, 1.165) is 18.7 Å². The number of hydrogen-bond acceptors (Lipinski definition) is 4. The van der Waals surface area contributed by atoms with Gasteiger partial charge in [0.25, 0.3) is 0 Å². The van der Waals surface area contributed by atoms with Crippen LogP contribution in [0.3, 0.4) is 0 Å². The number of aromatic nitrogens is 2. The van der Waals surface area contributed by atoms with Gasteiger partial charge in [0.05, 0.1) is 0 Å². The van der Waals surface area contributed by atoms with E-state index in [-0.39, 0.29) is 0 Å². The molecule has 0 bridgehead atoms. The van der Waals surface area contributed by atoms with Crippen LogP contribution < -0.4 is 5.73 Å². The first-order valence-corrected chi connectivity index (χ1v) is 6.83. The molecule has 1 atom stereocenters. The number of aryl methyl sites for hydroxylation is 1. The average molecular weight is 251 g/mol. The number of nitrogen functional groups attached to an aromatic ring is 1. The zero-order valence-corrected chi connectivity index (χ0v) is 11.8. The van der Waals surface area contributed by atoms with Crippen molar-refractivity contribution in [2.75, 3.05) is 12.3 Å². The predicted octanol–water partition coefficient (Wildman–Crippen LogP) is 3.10. The molecule has 4 heteroatoms. The summed E-state index contributed by atoms with van der Waals surface area (Å²) in [5, 5.41) is 0. The summed E-state index contributed by atoms with van der Waals surface area (Å²) in [6.07, 6.45) is 4.92. The Bertz CT molecular complexity index is 335. The van der Waals surface area contributed by atoms with Crippen molar-refractivity contribution in [1.29, 1.82) is 0 Å². The molecule has 0 amide bonds. The summed E-state index contributed by atoms with van der Waals surface area (Å²) < 4.78 is 5.70. The van der Waals surface area contributed by atoms with Crippen molar-refractivity contribution in [3.05, 3.63) is 17.6 Å². The molecular weight excluding hydrogens is 226 g/mol. The summed E-state index contributed by atoms with van der Waals surface area (Å²) in [5.74, 6) is 1.84. The lowest BCUT2D eigenvalue weighted by Crippen LogP contribution is -2.10. The maximum absolute atomic E-state index is 5.70. The van der Waals surface area contributed by atoms with Crippen LogP contribution in [0.2, 0.25) is 0 Å². The van der Waals surface area contributed by atoms with Crippen molar-refractivity contribution in [1.82, 2.24) is 9.97 Å². The lowest BCUT2D eigenvalue weighted by Gasteiger charge is -2.14. The van der Waals surface area contributed by atoms with Crippen LogP contribution in [0.1, 0.15) is 51.0 Å². The van der Waals surface area contributed by atoms with Gasteiger partial charge in [-0.25, -0.2) is 9.97 Å². The fourth-order valence-corrected chi connectivity index (χ4v) is 1.94. The van der Waals surface area contributed by atoms with Crippen molar-refractivity contribution in [3.8, 4) is 0 Å². The molecule has 1 aromatic heterocycles. The third-order valence-electron chi connectivity index (χ3n) is 3.05. The van der Waals surface area contributed by atoms with Gasteiger partial charge in [0, 0.05) is 18.4 Å². The molecule has 18 heavy (non-hydrogen) atoms. The van der Waals surface area contributed by atoms with Crippen molar-refractivity contribution < 1.29 is 4.74 Å². The van der Waals surface area contributed by atoms with Gasteiger partial charge in [0.2, 0.25) is 0 Å². The Hall–Kier alpha value is -1.16. The predicted molar refractivity (Wildman–Crippen MR) is 74.1 cm³/mol. The highest BCUT2D eigenvalue weighted by molar-refractivity contribution is 5.28. The standard InChI is InChI=1S/C14H25N3O/c1-4-6-7-12(5-2)9-18-10-14-16-11(3)8-13(15)17-14/h8,12H,4-7,9-10H2,1-3H3,(H2,15,16,17). The first kappa shape index (κ1) is 14.9. The number of ether oxygens (including phenoxy) is 1. The van der Waals surface area contributed by atoms with E-state index < -0.39 is 0 Å². The van der Waals surface area contributed by atoms with Crippen molar-refractivity contribution in [3.63, 3.8) is 0 Å².